The van der Waals surface area contributed by atoms with Gasteiger partial charge in [0.05, 0.1) is 0 Å². The van der Waals surface area contributed by atoms with E-state index in [-0.39, 0.29) is 0 Å². The molecule has 2 heteroatoms. The predicted octanol–water partition coefficient (Wildman–Crippen LogP) is 6.40. The van der Waals surface area contributed by atoms with Gasteiger partial charge in [-0.1, -0.05) is 0 Å². The molecule has 0 amide bonds. The Bertz CT molecular complexity index is 230. The molecular weight excluding hydrogens is 358 g/mol. The molecule has 0 N–H and O–H groups in total. The van der Waals surface area contributed by atoms with Crippen molar-refractivity contribution >= 4 is 30.0 Å². The molecule has 0 aliphatic heterocycles. The molecule has 0 nitrogen and oxygen atoms in total. The Kier molecular flexibility index (Phi) is 14.1. The number of alkyl halides is 1. The molecular formula is C17H33ClSn. The average Bonchev–Trinajstić information content (AvgIpc) is 2.44. The monoisotopic (exact) mass is 392 g/mol. The van der Waals surface area contributed by atoms with Crippen LogP contribution < -0.4 is 0 Å². The molecule has 0 radical (unpaired) electrons. The van der Waals surface area contributed by atoms with Gasteiger partial charge in [-0.15, -0.1) is 0 Å². The molecule has 0 aromatic rings. The molecule has 0 fully saturated rings. The molecule has 0 atom stereocenters. The Hall–Kier alpha value is 0.649. The van der Waals surface area contributed by atoms with E-state index in [1.807, 2.05) is 0 Å². The van der Waals surface area contributed by atoms with Crippen LogP contribution in [0.2, 0.25) is 13.3 Å². The van der Waals surface area contributed by atoms with Crippen LogP contribution in [0.4, 0.5) is 0 Å². The van der Waals surface area contributed by atoms with Crippen LogP contribution in [0.3, 0.4) is 0 Å². The van der Waals surface area contributed by atoms with Crippen molar-refractivity contribution in [2.45, 2.75) is 85.4 Å². The molecule has 0 aliphatic rings. The molecule has 0 saturated carbocycles. The molecule has 0 saturated heterocycles. The molecule has 112 valence electrons. The first-order valence-electron chi connectivity index (χ1n) is 8.30. The summed E-state index contributed by atoms with van der Waals surface area (Å²) in [7, 11) is 0. The average molecular weight is 392 g/mol. The second kappa shape index (κ2) is 13.6. The first-order chi connectivity index (χ1) is 9.24. The van der Waals surface area contributed by atoms with Crippen LogP contribution >= 0.6 is 11.6 Å². The van der Waals surface area contributed by atoms with E-state index in [0.717, 1.165) is 18.7 Å². The summed E-state index contributed by atoms with van der Waals surface area (Å²) < 4.78 is 8.37. The van der Waals surface area contributed by atoms with Crippen molar-refractivity contribution in [3.05, 3.63) is 0 Å². The molecule has 0 aromatic carbocycles. The Balaban J connectivity index is 4.68. The van der Waals surface area contributed by atoms with Gasteiger partial charge >= 0.3 is 131 Å². The van der Waals surface area contributed by atoms with Gasteiger partial charge in [-0.2, -0.15) is 0 Å². The molecule has 0 spiro atoms. The fourth-order valence-corrected chi connectivity index (χ4v) is 16.1. The van der Waals surface area contributed by atoms with Crippen LogP contribution in [0.5, 0.6) is 0 Å². The molecule has 0 bridgehead atoms. The minimum absolute atomic E-state index is 0.760. The van der Waals surface area contributed by atoms with E-state index in [0.29, 0.717) is 0 Å². The Labute approximate surface area is 130 Å². The maximum absolute atomic E-state index is 5.75. The molecule has 0 unspecified atom stereocenters. The van der Waals surface area contributed by atoms with E-state index in [9.17, 15) is 0 Å². The third-order valence-corrected chi connectivity index (χ3v) is 17.3. The quantitative estimate of drug-likeness (QED) is 0.165. The van der Waals surface area contributed by atoms with Gasteiger partial charge in [-0.25, -0.2) is 0 Å². The van der Waals surface area contributed by atoms with E-state index in [4.69, 9.17) is 11.6 Å². The third kappa shape index (κ3) is 10.1. The van der Waals surface area contributed by atoms with Crippen molar-refractivity contribution in [1.29, 1.82) is 0 Å². The van der Waals surface area contributed by atoms with Crippen LogP contribution in [0, 0.1) is 9.86 Å². The van der Waals surface area contributed by atoms with E-state index < -0.39 is 18.4 Å². The van der Waals surface area contributed by atoms with Gasteiger partial charge in [0.25, 0.3) is 0 Å². The number of halogens is 1. The van der Waals surface area contributed by atoms with E-state index >= 15 is 0 Å². The standard InChI is InChI=1S/C5H6Cl.3C4H9.Sn/c1-2-3-4-5-6;3*1-3-4-2;/h3-5H2;3*1,3-4H2,2H3;. The van der Waals surface area contributed by atoms with Gasteiger partial charge in [0.1, 0.15) is 0 Å². The minimum atomic E-state index is -2.14. The first-order valence-corrected chi connectivity index (χ1v) is 16.3. The number of hydrogen-bond donors (Lipinski definition) is 0. The van der Waals surface area contributed by atoms with Crippen molar-refractivity contribution in [3.63, 3.8) is 0 Å². The van der Waals surface area contributed by atoms with Crippen molar-refractivity contribution in [2.75, 3.05) is 5.88 Å². The zero-order valence-corrected chi connectivity index (χ0v) is 17.0. The summed E-state index contributed by atoms with van der Waals surface area (Å²) in [5, 5.41) is 0. The summed E-state index contributed by atoms with van der Waals surface area (Å²) in [6, 6.07) is 0. The van der Waals surface area contributed by atoms with E-state index in [1.165, 1.54) is 51.8 Å². The molecule has 0 heterocycles. The number of unbranched alkanes of at least 4 members (excludes halogenated alkanes) is 4. The fraction of sp³-hybridized carbons (Fsp3) is 0.882. The summed E-state index contributed by atoms with van der Waals surface area (Å²) in [6.45, 7) is 6.95. The summed E-state index contributed by atoms with van der Waals surface area (Å²) in [4.78, 5) is 0. The van der Waals surface area contributed by atoms with E-state index in [2.05, 4.69) is 30.6 Å². The van der Waals surface area contributed by atoms with Crippen LogP contribution in [-0.2, 0) is 0 Å². The van der Waals surface area contributed by atoms with Crippen LogP contribution in [0.25, 0.3) is 0 Å². The Morgan fingerprint density at radius 1 is 0.789 bits per heavy atom. The van der Waals surface area contributed by atoms with Crippen molar-refractivity contribution in [2.24, 2.45) is 0 Å². The predicted molar refractivity (Wildman–Crippen MR) is 92.6 cm³/mol. The number of hydrogen-bond acceptors (Lipinski definition) is 0. The van der Waals surface area contributed by atoms with Gasteiger partial charge in [-0.3, -0.25) is 0 Å². The van der Waals surface area contributed by atoms with Gasteiger partial charge in [0.15, 0.2) is 0 Å². The van der Waals surface area contributed by atoms with Gasteiger partial charge in [-0.05, 0) is 0 Å². The van der Waals surface area contributed by atoms with Crippen LogP contribution in [0.1, 0.15) is 72.1 Å². The SMILES string of the molecule is CCC[CH2][Sn]([C]#CCCCCl)([CH2]CCC)[CH2]CCC. The number of rotatable bonds is 11. The summed E-state index contributed by atoms with van der Waals surface area (Å²) in [5.41, 5.74) is 0. The summed E-state index contributed by atoms with van der Waals surface area (Å²) in [5.74, 6) is 4.27. The van der Waals surface area contributed by atoms with Gasteiger partial charge in [0.2, 0.25) is 0 Å². The fourth-order valence-electron chi connectivity index (χ4n) is 2.51. The van der Waals surface area contributed by atoms with Crippen LogP contribution in [0.15, 0.2) is 0 Å². The Morgan fingerprint density at radius 2 is 1.26 bits per heavy atom. The Morgan fingerprint density at radius 3 is 1.63 bits per heavy atom. The second-order valence-electron chi connectivity index (χ2n) is 5.69. The second-order valence-corrected chi connectivity index (χ2v) is 18.4. The van der Waals surface area contributed by atoms with Gasteiger partial charge < -0.3 is 0 Å². The van der Waals surface area contributed by atoms with Crippen molar-refractivity contribution < 1.29 is 0 Å². The molecule has 0 rings (SSSR count). The molecule has 19 heavy (non-hydrogen) atoms. The van der Waals surface area contributed by atoms with Crippen molar-refractivity contribution in [1.82, 2.24) is 0 Å². The topological polar surface area (TPSA) is 0 Å². The normalized spacial score (nSPS) is 11.2. The van der Waals surface area contributed by atoms with Gasteiger partial charge in [0, 0.05) is 0 Å². The zero-order chi connectivity index (χ0) is 14.4. The maximum atomic E-state index is 5.75. The van der Waals surface area contributed by atoms with Crippen LogP contribution in [-0.4, -0.2) is 24.3 Å². The van der Waals surface area contributed by atoms with E-state index in [1.54, 1.807) is 0 Å². The molecule has 0 aromatic heterocycles. The summed E-state index contributed by atoms with van der Waals surface area (Å²) in [6.07, 6.45) is 10.3. The zero-order valence-electron chi connectivity index (χ0n) is 13.4. The molecule has 0 aliphatic carbocycles. The third-order valence-electron chi connectivity index (χ3n) is 3.82. The first kappa shape index (κ1) is 19.6. The van der Waals surface area contributed by atoms with Crippen molar-refractivity contribution in [3.8, 4) is 9.86 Å². The summed E-state index contributed by atoms with van der Waals surface area (Å²) >= 11 is 3.61.